The second kappa shape index (κ2) is 8.75. The van der Waals surface area contributed by atoms with Crippen LogP contribution in [0.25, 0.3) is 5.65 Å². The Morgan fingerprint density at radius 1 is 1.41 bits per heavy atom. The van der Waals surface area contributed by atoms with Crippen LogP contribution in [0.1, 0.15) is 29.8 Å². The van der Waals surface area contributed by atoms with Gasteiger partial charge in [-0.3, -0.25) is 0 Å². The van der Waals surface area contributed by atoms with Gasteiger partial charge >= 0.3 is 5.97 Å². The number of ether oxygens (including phenoxy) is 1. The first-order valence-electron chi connectivity index (χ1n) is 8.92. The number of nitrogens with zero attached hydrogens (tertiary/aromatic N) is 4. The van der Waals surface area contributed by atoms with Gasteiger partial charge < -0.3 is 19.8 Å². The Labute approximate surface area is 174 Å². The van der Waals surface area contributed by atoms with E-state index in [9.17, 15) is 19.4 Å². The summed E-state index contributed by atoms with van der Waals surface area (Å²) in [6.45, 7) is 4.22. The number of aromatic nitrogens is 3. The minimum atomic E-state index is -1.12. The number of aliphatic hydroxyl groups excluding tert-OH is 1. The van der Waals surface area contributed by atoms with Crippen molar-refractivity contribution in [1.82, 2.24) is 14.6 Å². The Hall–Kier alpha value is -2.72. The van der Waals surface area contributed by atoms with E-state index in [1.165, 1.54) is 22.8 Å². The Morgan fingerprint density at radius 3 is 2.83 bits per heavy atom. The average molecular weight is 467 g/mol. The summed E-state index contributed by atoms with van der Waals surface area (Å²) in [7, 11) is 0. The molecule has 0 bridgehead atoms. The topological polar surface area (TPSA) is 100 Å². The zero-order chi connectivity index (χ0) is 21.1. The molecule has 0 saturated heterocycles. The highest BCUT2D eigenvalue weighted by Gasteiger charge is 2.20. The predicted octanol–water partition coefficient (Wildman–Crippen LogP) is 3.12. The van der Waals surface area contributed by atoms with Crippen LogP contribution in [0.2, 0.25) is 0 Å². The number of aromatic carboxylic acids is 1. The lowest BCUT2D eigenvalue weighted by Crippen LogP contribution is -2.25. The molecule has 29 heavy (non-hydrogen) atoms. The molecule has 0 aliphatic carbocycles. The van der Waals surface area contributed by atoms with Gasteiger partial charge in [0.25, 0.3) is 0 Å². The van der Waals surface area contributed by atoms with Crippen molar-refractivity contribution >= 4 is 33.4 Å². The van der Waals surface area contributed by atoms with E-state index in [1.54, 1.807) is 19.2 Å². The molecule has 2 heterocycles. The minimum Gasteiger partial charge on any atom is -0.488 e. The quantitative estimate of drug-likeness (QED) is 0.525. The molecule has 0 aliphatic heterocycles. The highest BCUT2D eigenvalue weighted by atomic mass is 79.9. The lowest BCUT2D eigenvalue weighted by molar-refractivity contribution is 0.0698. The molecule has 1 unspecified atom stereocenters. The molecule has 8 nitrogen and oxygen atoms in total. The van der Waals surface area contributed by atoms with Crippen molar-refractivity contribution in [3.05, 3.63) is 52.0 Å². The van der Waals surface area contributed by atoms with Gasteiger partial charge in [0.15, 0.2) is 5.65 Å². The second-order valence-corrected chi connectivity index (χ2v) is 7.17. The Morgan fingerprint density at radius 2 is 2.17 bits per heavy atom. The molecule has 1 aromatic carbocycles. The van der Waals surface area contributed by atoms with E-state index in [1.807, 2.05) is 11.8 Å². The van der Waals surface area contributed by atoms with Crippen LogP contribution >= 0.6 is 15.9 Å². The maximum absolute atomic E-state index is 14.2. The monoisotopic (exact) mass is 466 g/mol. The van der Waals surface area contributed by atoms with Crippen molar-refractivity contribution in [2.24, 2.45) is 0 Å². The van der Waals surface area contributed by atoms with Crippen LogP contribution in [0.5, 0.6) is 5.75 Å². The largest absolute Gasteiger partial charge is 0.488 e. The summed E-state index contributed by atoms with van der Waals surface area (Å²) in [6, 6.07) is 4.52. The van der Waals surface area contributed by atoms with E-state index >= 15 is 0 Å². The number of carboxylic acids is 1. The number of carboxylic acid groups (broad SMARTS) is 1. The molecule has 0 spiro atoms. The fraction of sp³-hybridized carbons (Fsp3) is 0.316. The third-order valence-electron chi connectivity index (χ3n) is 4.38. The third kappa shape index (κ3) is 4.33. The number of anilines is 1. The summed E-state index contributed by atoms with van der Waals surface area (Å²) >= 11 is 3.28. The second-order valence-electron chi connectivity index (χ2n) is 6.38. The van der Waals surface area contributed by atoms with Gasteiger partial charge in [-0.1, -0.05) is 0 Å². The van der Waals surface area contributed by atoms with Gasteiger partial charge in [0.1, 0.15) is 29.1 Å². The molecular formula is C19H20BrFN4O4. The van der Waals surface area contributed by atoms with Crippen molar-refractivity contribution in [1.29, 1.82) is 0 Å². The van der Waals surface area contributed by atoms with Gasteiger partial charge in [-0.25, -0.2) is 18.7 Å². The zero-order valence-electron chi connectivity index (χ0n) is 15.8. The number of fused-ring (bicyclic) bond motifs is 1. The van der Waals surface area contributed by atoms with Crippen LogP contribution in [0.4, 0.5) is 10.2 Å². The molecule has 3 rings (SSSR count). The molecule has 0 radical (unpaired) electrons. The van der Waals surface area contributed by atoms with Crippen LogP contribution < -0.4 is 9.64 Å². The smallest absolute Gasteiger partial charge is 0.341 e. The first kappa shape index (κ1) is 21.0. The molecule has 2 aromatic heterocycles. The molecule has 10 heteroatoms. The first-order valence-corrected chi connectivity index (χ1v) is 9.72. The Bertz CT molecular complexity index is 1040. The average Bonchev–Trinajstić information content (AvgIpc) is 3.14. The standard InChI is InChI=1S/C19H20BrFN4O4/c1-3-24(16-6-7-25-18(23-16)12(8-22-25)19(27)28)9-13-15(29-11(2)10-26)5-4-14(21)17(13)20/h4-8,11,26H,3,9-10H2,1-2H3,(H,27,28). The molecule has 0 amide bonds. The van der Waals surface area contributed by atoms with E-state index in [-0.39, 0.29) is 28.8 Å². The SMILES string of the molecule is CCN(Cc1c(OC(C)CO)ccc(F)c1Br)c1ccn2ncc(C(=O)O)c2n1. The maximum atomic E-state index is 14.2. The van der Waals surface area contributed by atoms with Crippen molar-refractivity contribution in [3.63, 3.8) is 0 Å². The summed E-state index contributed by atoms with van der Waals surface area (Å²) in [5.41, 5.74) is 0.772. The molecule has 1 atom stereocenters. The Balaban J connectivity index is 2.00. The predicted molar refractivity (Wildman–Crippen MR) is 108 cm³/mol. The molecule has 0 aliphatic rings. The Kier molecular flexibility index (Phi) is 6.33. The third-order valence-corrected chi connectivity index (χ3v) is 5.24. The van der Waals surface area contributed by atoms with Gasteiger partial charge in [0, 0.05) is 24.8 Å². The van der Waals surface area contributed by atoms with Crippen LogP contribution in [0.15, 0.2) is 35.1 Å². The maximum Gasteiger partial charge on any atom is 0.341 e. The highest BCUT2D eigenvalue weighted by molar-refractivity contribution is 9.10. The number of carbonyl (C=O) groups is 1. The van der Waals surface area contributed by atoms with Crippen molar-refractivity contribution < 1.29 is 24.1 Å². The number of benzene rings is 1. The summed E-state index contributed by atoms with van der Waals surface area (Å²) in [5.74, 6) is -0.600. The number of rotatable bonds is 8. The molecular weight excluding hydrogens is 447 g/mol. The van der Waals surface area contributed by atoms with Crippen molar-refractivity contribution in [3.8, 4) is 5.75 Å². The van der Waals surface area contributed by atoms with Crippen molar-refractivity contribution in [2.75, 3.05) is 18.1 Å². The fourth-order valence-corrected chi connectivity index (χ4v) is 3.27. The summed E-state index contributed by atoms with van der Waals surface area (Å²) < 4.78 is 21.6. The summed E-state index contributed by atoms with van der Waals surface area (Å²) in [4.78, 5) is 17.7. The number of halogens is 2. The van der Waals surface area contributed by atoms with Gasteiger partial charge in [0.05, 0.1) is 17.3 Å². The summed E-state index contributed by atoms with van der Waals surface area (Å²) in [5, 5.41) is 22.6. The lowest BCUT2D eigenvalue weighted by Gasteiger charge is -2.25. The van der Waals surface area contributed by atoms with Crippen LogP contribution in [-0.4, -0.2) is 50.0 Å². The minimum absolute atomic E-state index is 0.00404. The zero-order valence-corrected chi connectivity index (χ0v) is 17.4. The van der Waals surface area contributed by atoms with Gasteiger partial charge in [-0.05, 0) is 48.0 Å². The lowest BCUT2D eigenvalue weighted by atomic mass is 10.1. The number of hydrogen-bond donors (Lipinski definition) is 2. The first-order chi connectivity index (χ1) is 13.8. The number of aliphatic hydroxyl groups is 1. The number of hydrogen-bond acceptors (Lipinski definition) is 6. The molecule has 0 fully saturated rings. The van der Waals surface area contributed by atoms with Gasteiger partial charge in [-0.15, -0.1) is 0 Å². The molecule has 154 valence electrons. The molecule has 3 aromatic rings. The normalized spacial score (nSPS) is 12.2. The highest BCUT2D eigenvalue weighted by Crippen LogP contribution is 2.32. The van der Waals surface area contributed by atoms with Crippen LogP contribution in [0.3, 0.4) is 0 Å². The van der Waals surface area contributed by atoms with Crippen molar-refractivity contribution in [2.45, 2.75) is 26.5 Å². The fourth-order valence-electron chi connectivity index (χ4n) is 2.82. The van der Waals surface area contributed by atoms with Crippen LogP contribution in [0, 0.1) is 5.82 Å². The van der Waals surface area contributed by atoms with E-state index in [4.69, 9.17) is 4.74 Å². The van der Waals surface area contributed by atoms with Crippen LogP contribution in [-0.2, 0) is 6.54 Å². The van der Waals surface area contributed by atoms with E-state index in [0.717, 1.165) is 0 Å². The van der Waals surface area contributed by atoms with E-state index in [2.05, 4.69) is 26.0 Å². The van der Waals surface area contributed by atoms with Gasteiger partial charge in [-0.2, -0.15) is 5.10 Å². The van der Waals surface area contributed by atoms with E-state index < -0.39 is 17.9 Å². The molecule has 0 saturated carbocycles. The molecule has 2 N–H and O–H groups in total. The van der Waals surface area contributed by atoms with E-state index in [0.29, 0.717) is 23.7 Å². The summed E-state index contributed by atoms with van der Waals surface area (Å²) in [6.07, 6.45) is 2.41. The van der Waals surface area contributed by atoms with Gasteiger partial charge in [0.2, 0.25) is 0 Å².